The fourth-order valence-corrected chi connectivity index (χ4v) is 1.74. The first kappa shape index (κ1) is 9.97. The molecule has 1 aromatic carbocycles. The predicted octanol–water partition coefficient (Wildman–Crippen LogP) is 2.50. The van der Waals surface area contributed by atoms with Crippen LogP contribution < -0.4 is 4.57 Å². The number of nitrogens with one attached hydrogen (secondary N) is 1. The van der Waals surface area contributed by atoms with Crippen molar-refractivity contribution in [3.63, 3.8) is 0 Å². The Morgan fingerprint density at radius 3 is 2.73 bits per heavy atom. The third-order valence-electron chi connectivity index (χ3n) is 2.77. The summed E-state index contributed by atoms with van der Waals surface area (Å²) in [5, 5.41) is 0. The van der Waals surface area contributed by atoms with Crippen LogP contribution >= 0.6 is 0 Å². The van der Waals surface area contributed by atoms with Crippen LogP contribution in [0.25, 0.3) is 0 Å². The molecule has 2 nitrogen and oxygen atoms in total. The number of imidazole rings is 1. The van der Waals surface area contributed by atoms with E-state index >= 15 is 0 Å². The topological polar surface area (TPSA) is 19.7 Å². The highest BCUT2D eigenvalue weighted by molar-refractivity contribution is 5.14. The number of H-pyrrole nitrogens is 1. The predicted molar refractivity (Wildman–Crippen MR) is 60.5 cm³/mol. The average molecular weight is 201 g/mol. The Bertz CT molecular complexity index is 378. The second kappa shape index (κ2) is 4.78. The fraction of sp³-hybridized carbons (Fsp3) is 0.308. The van der Waals surface area contributed by atoms with Crippen LogP contribution in [0, 0.1) is 0 Å². The first-order valence-corrected chi connectivity index (χ1v) is 5.44. The summed E-state index contributed by atoms with van der Waals surface area (Å²) in [6, 6.07) is 11.2. The fourth-order valence-electron chi connectivity index (χ4n) is 1.74. The highest BCUT2D eigenvalue weighted by Gasteiger charge is 2.08. The molecule has 0 saturated heterocycles. The summed E-state index contributed by atoms with van der Waals surface area (Å²) in [5.74, 6) is 0. The van der Waals surface area contributed by atoms with Crippen molar-refractivity contribution in [1.82, 2.24) is 4.98 Å². The van der Waals surface area contributed by atoms with Crippen molar-refractivity contribution >= 4 is 0 Å². The first-order chi connectivity index (χ1) is 7.36. The molecule has 0 aliphatic carbocycles. The van der Waals surface area contributed by atoms with E-state index in [1.807, 2.05) is 12.5 Å². The van der Waals surface area contributed by atoms with Gasteiger partial charge >= 0.3 is 0 Å². The standard InChI is InChI=1S/C13H16N2/c1-12(15-10-9-14-11-15)7-8-13-5-3-2-4-6-13/h2-6,9-12H,7-8H2,1H3/p+1. The summed E-state index contributed by atoms with van der Waals surface area (Å²) in [5.41, 5.74) is 1.42. The minimum Gasteiger partial charge on any atom is -0.250 e. The summed E-state index contributed by atoms with van der Waals surface area (Å²) in [4.78, 5) is 3.07. The second-order valence-corrected chi connectivity index (χ2v) is 3.93. The summed E-state index contributed by atoms with van der Waals surface area (Å²) in [6.07, 6.45) is 8.36. The van der Waals surface area contributed by atoms with Crippen molar-refractivity contribution in [3.05, 3.63) is 54.6 Å². The van der Waals surface area contributed by atoms with Crippen LogP contribution in [0.3, 0.4) is 0 Å². The van der Waals surface area contributed by atoms with Gasteiger partial charge in [-0.2, -0.15) is 0 Å². The van der Waals surface area contributed by atoms with Gasteiger partial charge in [0.15, 0.2) is 0 Å². The molecular weight excluding hydrogens is 184 g/mol. The average Bonchev–Trinajstić information content (AvgIpc) is 2.81. The molecule has 1 heterocycles. The number of hydrogen-bond acceptors (Lipinski definition) is 0. The van der Waals surface area contributed by atoms with Gasteiger partial charge in [0.25, 0.3) is 0 Å². The second-order valence-electron chi connectivity index (χ2n) is 3.93. The lowest BCUT2D eigenvalue weighted by molar-refractivity contribution is -0.719. The van der Waals surface area contributed by atoms with Gasteiger partial charge in [0.2, 0.25) is 6.33 Å². The lowest BCUT2D eigenvalue weighted by Gasteiger charge is -2.07. The van der Waals surface area contributed by atoms with Crippen LogP contribution in [0.2, 0.25) is 0 Å². The SMILES string of the molecule is CC(CCc1ccccc1)[n+]1cc[nH]c1. The number of aromatic amines is 1. The molecule has 0 amide bonds. The molecule has 0 aliphatic rings. The molecule has 78 valence electrons. The molecule has 1 aromatic heterocycles. The lowest BCUT2D eigenvalue weighted by atomic mass is 10.1. The smallest absolute Gasteiger partial charge is 0.241 e. The molecule has 2 rings (SSSR count). The number of nitrogens with zero attached hydrogens (tertiary/aromatic N) is 1. The minimum atomic E-state index is 0.552. The Hall–Kier alpha value is -1.57. The van der Waals surface area contributed by atoms with Gasteiger partial charge in [-0.15, -0.1) is 0 Å². The normalized spacial score (nSPS) is 12.6. The molecule has 2 aromatic rings. The largest absolute Gasteiger partial charge is 0.250 e. The van der Waals surface area contributed by atoms with Crippen LogP contribution in [0.4, 0.5) is 0 Å². The molecule has 0 aliphatic heterocycles. The Morgan fingerprint density at radius 1 is 1.27 bits per heavy atom. The van der Waals surface area contributed by atoms with Gasteiger partial charge in [0, 0.05) is 0 Å². The molecule has 15 heavy (non-hydrogen) atoms. The Kier molecular flexibility index (Phi) is 3.18. The molecule has 1 atom stereocenters. The van der Waals surface area contributed by atoms with E-state index in [1.165, 1.54) is 12.0 Å². The van der Waals surface area contributed by atoms with Gasteiger partial charge in [-0.25, -0.2) is 4.57 Å². The van der Waals surface area contributed by atoms with Gasteiger partial charge in [-0.1, -0.05) is 30.3 Å². The zero-order valence-electron chi connectivity index (χ0n) is 9.06. The quantitative estimate of drug-likeness (QED) is 0.733. The number of aryl methyl sites for hydroxylation is 1. The van der Waals surface area contributed by atoms with Crippen LogP contribution in [0.1, 0.15) is 24.9 Å². The van der Waals surface area contributed by atoms with Gasteiger partial charge < -0.3 is 0 Å². The van der Waals surface area contributed by atoms with E-state index in [4.69, 9.17) is 0 Å². The van der Waals surface area contributed by atoms with Crippen LogP contribution in [0.5, 0.6) is 0 Å². The minimum absolute atomic E-state index is 0.552. The van der Waals surface area contributed by atoms with E-state index in [1.54, 1.807) is 0 Å². The maximum absolute atomic E-state index is 3.07. The van der Waals surface area contributed by atoms with Crippen molar-refractivity contribution in [2.75, 3.05) is 0 Å². The molecule has 2 heteroatoms. The molecule has 1 unspecified atom stereocenters. The monoisotopic (exact) mass is 201 g/mol. The van der Waals surface area contributed by atoms with E-state index in [-0.39, 0.29) is 0 Å². The third kappa shape index (κ3) is 2.69. The summed E-state index contributed by atoms with van der Waals surface area (Å²) < 4.78 is 2.21. The summed E-state index contributed by atoms with van der Waals surface area (Å²) >= 11 is 0. The molecule has 0 bridgehead atoms. The molecular formula is C13H17N2+. The van der Waals surface area contributed by atoms with Crippen LogP contribution in [0.15, 0.2) is 49.1 Å². The zero-order chi connectivity index (χ0) is 10.5. The zero-order valence-corrected chi connectivity index (χ0v) is 9.06. The Morgan fingerprint density at radius 2 is 2.07 bits per heavy atom. The van der Waals surface area contributed by atoms with Crippen molar-refractivity contribution in [1.29, 1.82) is 0 Å². The van der Waals surface area contributed by atoms with E-state index in [9.17, 15) is 0 Å². The van der Waals surface area contributed by atoms with E-state index in [0.717, 1.165) is 6.42 Å². The van der Waals surface area contributed by atoms with E-state index in [2.05, 4.69) is 53.0 Å². The number of hydrogen-bond donors (Lipinski definition) is 1. The lowest BCUT2D eigenvalue weighted by Crippen LogP contribution is -2.35. The molecule has 1 N–H and O–H groups in total. The number of rotatable bonds is 4. The van der Waals surface area contributed by atoms with Crippen LogP contribution in [-0.4, -0.2) is 4.98 Å². The first-order valence-electron chi connectivity index (χ1n) is 5.44. The summed E-state index contributed by atoms with van der Waals surface area (Å²) in [6.45, 7) is 2.25. The van der Waals surface area contributed by atoms with Gasteiger partial charge in [0.1, 0.15) is 12.4 Å². The number of aromatic nitrogens is 2. The van der Waals surface area contributed by atoms with Crippen molar-refractivity contribution in [2.24, 2.45) is 0 Å². The molecule has 0 saturated carbocycles. The van der Waals surface area contributed by atoms with Crippen molar-refractivity contribution in [2.45, 2.75) is 25.8 Å². The third-order valence-corrected chi connectivity index (χ3v) is 2.77. The molecule has 0 radical (unpaired) electrons. The highest BCUT2D eigenvalue weighted by Crippen LogP contribution is 2.08. The van der Waals surface area contributed by atoms with E-state index in [0.29, 0.717) is 6.04 Å². The highest BCUT2D eigenvalue weighted by atomic mass is 15.0. The molecule has 0 spiro atoms. The van der Waals surface area contributed by atoms with Gasteiger partial charge in [-0.05, 0) is 25.3 Å². The maximum Gasteiger partial charge on any atom is 0.241 e. The number of benzene rings is 1. The molecule has 0 fully saturated rings. The Balaban J connectivity index is 1.89. The van der Waals surface area contributed by atoms with E-state index < -0.39 is 0 Å². The summed E-state index contributed by atoms with van der Waals surface area (Å²) in [7, 11) is 0. The van der Waals surface area contributed by atoms with Gasteiger partial charge in [0.05, 0.1) is 6.04 Å². The van der Waals surface area contributed by atoms with Crippen molar-refractivity contribution < 1.29 is 4.57 Å². The Labute approximate surface area is 90.6 Å². The maximum atomic E-state index is 3.07. The van der Waals surface area contributed by atoms with Crippen molar-refractivity contribution in [3.8, 4) is 0 Å². The van der Waals surface area contributed by atoms with Gasteiger partial charge in [-0.3, -0.25) is 4.98 Å². The van der Waals surface area contributed by atoms with Crippen LogP contribution in [-0.2, 0) is 6.42 Å².